The highest BCUT2D eigenvalue weighted by Crippen LogP contribution is 2.28. The van der Waals surface area contributed by atoms with Crippen molar-refractivity contribution in [2.75, 3.05) is 32.7 Å². The molecule has 7 heteroatoms. The highest BCUT2D eigenvalue weighted by atomic mass is 32.1. The minimum atomic E-state index is 0.369. The van der Waals surface area contributed by atoms with Gasteiger partial charge in [0.05, 0.1) is 4.88 Å². The fraction of sp³-hybridized carbons (Fsp3) is 0.650. The van der Waals surface area contributed by atoms with Crippen LogP contribution in [-0.2, 0) is 11.2 Å². The monoisotopic (exact) mass is 388 g/mol. The fourth-order valence-electron chi connectivity index (χ4n) is 4.13. The normalized spacial score (nSPS) is 19.0. The Balaban J connectivity index is 1.15. The molecule has 3 heterocycles. The van der Waals surface area contributed by atoms with Crippen molar-refractivity contribution in [1.29, 1.82) is 0 Å². The molecule has 2 aromatic heterocycles. The van der Waals surface area contributed by atoms with Gasteiger partial charge < -0.3 is 9.42 Å². The van der Waals surface area contributed by atoms with Crippen molar-refractivity contribution in [3.8, 4) is 10.7 Å². The smallest absolute Gasteiger partial charge is 0.227 e. The maximum Gasteiger partial charge on any atom is 0.227 e. The molecule has 1 aliphatic carbocycles. The van der Waals surface area contributed by atoms with Gasteiger partial charge in [-0.1, -0.05) is 24.1 Å². The summed E-state index contributed by atoms with van der Waals surface area (Å²) in [4.78, 5) is 22.5. The second-order valence-electron chi connectivity index (χ2n) is 7.67. The van der Waals surface area contributed by atoms with Crippen molar-refractivity contribution in [3.05, 3.63) is 23.4 Å². The van der Waals surface area contributed by atoms with E-state index in [2.05, 4.69) is 19.9 Å². The lowest BCUT2D eigenvalue weighted by atomic mass is 10.0. The Bertz CT molecular complexity index is 716. The molecule has 0 atom stereocenters. The maximum atomic E-state index is 12.4. The number of aromatic nitrogens is 2. The molecule has 1 amide bonds. The van der Waals surface area contributed by atoms with Crippen LogP contribution < -0.4 is 0 Å². The molecule has 2 aliphatic rings. The lowest BCUT2D eigenvalue weighted by Gasteiger charge is -2.35. The standard InChI is InChI=1S/C20H28N4O2S/c25-19(15-16-5-1-2-6-16)24-12-10-23(11-13-24)9-3-8-18-21-20(22-26-18)17-7-4-14-27-17/h4,7,14,16H,1-3,5-6,8-13,15H2. The van der Waals surface area contributed by atoms with Crippen LogP contribution in [0.2, 0.25) is 0 Å². The SMILES string of the molecule is O=C(CC1CCCC1)N1CCN(CCCc2nc(-c3cccs3)no2)CC1. The van der Waals surface area contributed by atoms with E-state index in [9.17, 15) is 4.79 Å². The van der Waals surface area contributed by atoms with Crippen molar-refractivity contribution in [1.82, 2.24) is 19.9 Å². The van der Waals surface area contributed by atoms with Crippen LogP contribution in [0.4, 0.5) is 0 Å². The van der Waals surface area contributed by atoms with E-state index in [1.54, 1.807) is 11.3 Å². The molecule has 1 saturated carbocycles. The molecule has 1 aliphatic heterocycles. The van der Waals surface area contributed by atoms with Gasteiger partial charge in [0.1, 0.15) is 0 Å². The molecule has 146 valence electrons. The quantitative estimate of drug-likeness (QED) is 0.727. The van der Waals surface area contributed by atoms with Crippen LogP contribution in [0.5, 0.6) is 0 Å². The minimum Gasteiger partial charge on any atom is -0.340 e. The van der Waals surface area contributed by atoms with E-state index in [4.69, 9.17) is 4.52 Å². The Labute approximate surface area is 164 Å². The van der Waals surface area contributed by atoms with E-state index >= 15 is 0 Å². The second kappa shape index (κ2) is 8.97. The van der Waals surface area contributed by atoms with E-state index in [0.29, 0.717) is 23.5 Å². The summed E-state index contributed by atoms with van der Waals surface area (Å²) in [5.41, 5.74) is 0. The lowest BCUT2D eigenvalue weighted by Crippen LogP contribution is -2.49. The summed E-state index contributed by atoms with van der Waals surface area (Å²) < 4.78 is 5.36. The van der Waals surface area contributed by atoms with Crippen molar-refractivity contribution in [2.45, 2.75) is 44.9 Å². The molecule has 0 unspecified atom stereocenters. The zero-order chi connectivity index (χ0) is 18.5. The van der Waals surface area contributed by atoms with Crippen LogP contribution >= 0.6 is 11.3 Å². The van der Waals surface area contributed by atoms with Crippen LogP contribution in [0.3, 0.4) is 0 Å². The van der Waals surface area contributed by atoms with E-state index in [0.717, 1.165) is 56.9 Å². The Hall–Kier alpha value is -1.73. The first kappa shape index (κ1) is 18.6. The average Bonchev–Trinajstić information content (AvgIpc) is 3.44. The zero-order valence-electron chi connectivity index (χ0n) is 15.8. The Morgan fingerprint density at radius 2 is 2.04 bits per heavy atom. The Morgan fingerprint density at radius 1 is 1.22 bits per heavy atom. The van der Waals surface area contributed by atoms with Crippen LogP contribution in [0.15, 0.2) is 22.0 Å². The first-order chi connectivity index (χ1) is 13.3. The third-order valence-corrected chi connectivity index (χ3v) is 6.60. The summed E-state index contributed by atoms with van der Waals surface area (Å²) in [5.74, 6) is 2.41. The van der Waals surface area contributed by atoms with Crippen LogP contribution in [0, 0.1) is 5.92 Å². The average molecular weight is 389 g/mol. The first-order valence-electron chi connectivity index (χ1n) is 10.1. The summed E-state index contributed by atoms with van der Waals surface area (Å²) >= 11 is 1.62. The van der Waals surface area contributed by atoms with E-state index < -0.39 is 0 Å². The van der Waals surface area contributed by atoms with Crippen molar-refractivity contribution in [3.63, 3.8) is 0 Å². The number of rotatable bonds is 7. The molecule has 27 heavy (non-hydrogen) atoms. The molecule has 0 bridgehead atoms. The largest absolute Gasteiger partial charge is 0.340 e. The molecule has 1 saturated heterocycles. The number of carbonyl (C=O) groups is 1. The number of aryl methyl sites for hydroxylation is 1. The molecular formula is C20H28N4O2S. The highest BCUT2D eigenvalue weighted by molar-refractivity contribution is 7.13. The van der Waals surface area contributed by atoms with Gasteiger partial charge in [0.15, 0.2) is 0 Å². The number of hydrogen-bond donors (Lipinski definition) is 0. The summed E-state index contributed by atoms with van der Waals surface area (Å²) in [6.45, 7) is 4.70. The molecule has 0 aromatic carbocycles. The van der Waals surface area contributed by atoms with Gasteiger partial charge in [-0.3, -0.25) is 9.69 Å². The number of hydrogen-bond acceptors (Lipinski definition) is 6. The zero-order valence-corrected chi connectivity index (χ0v) is 16.6. The third kappa shape index (κ3) is 4.96. The van der Waals surface area contributed by atoms with E-state index in [-0.39, 0.29) is 0 Å². The van der Waals surface area contributed by atoms with Gasteiger partial charge in [0.2, 0.25) is 17.6 Å². The molecule has 0 N–H and O–H groups in total. The van der Waals surface area contributed by atoms with Gasteiger partial charge >= 0.3 is 0 Å². The Kier molecular flexibility index (Phi) is 6.19. The van der Waals surface area contributed by atoms with Crippen molar-refractivity contribution < 1.29 is 9.32 Å². The van der Waals surface area contributed by atoms with Crippen LogP contribution in [0.25, 0.3) is 10.7 Å². The fourth-order valence-corrected chi connectivity index (χ4v) is 4.78. The number of thiophene rings is 1. The molecule has 0 radical (unpaired) electrons. The van der Waals surface area contributed by atoms with E-state index in [1.807, 2.05) is 17.5 Å². The van der Waals surface area contributed by atoms with Crippen LogP contribution in [0.1, 0.15) is 44.4 Å². The molecule has 0 spiro atoms. The lowest BCUT2D eigenvalue weighted by molar-refractivity contribution is -0.133. The third-order valence-electron chi connectivity index (χ3n) is 5.74. The minimum absolute atomic E-state index is 0.369. The predicted octanol–water partition coefficient (Wildman–Crippen LogP) is 3.46. The van der Waals surface area contributed by atoms with Gasteiger partial charge in [0, 0.05) is 39.0 Å². The molecule has 2 aromatic rings. The van der Waals surface area contributed by atoms with Gasteiger partial charge in [-0.2, -0.15) is 4.98 Å². The summed E-state index contributed by atoms with van der Waals surface area (Å²) in [6.07, 6.45) is 7.68. The summed E-state index contributed by atoms with van der Waals surface area (Å²) in [7, 11) is 0. The topological polar surface area (TPSA) is 62.5 Å². The molecule has 2 fully saturated rings. The first-order valence-corrected chi connectivity index (χ1v) is 11.0. The van der Waals surface area contributed by atoms with E-state index in [1.165, 1.54) is 25.7 Å². The highest BCUT2D eigenvalue weighted by Gasteiger charge is 2.25. The molecule has 6 nitrogen and oxygen atoms in total. The second-order valence-corrected chi connectivity index (χ2v) is 8.62. The van der Waals surface area contributed by atoms with Gasteiger partial charge in [0.25, 0.3) is 0 Å². The summed E-state index contributed by atoms with van der Waals surface area (Å²) in [6, 6.07) is 4.00. The van der Waals surface area contributed by atoms with Gasteiger partial charge in [-0.25, -0.2) is 0 Å². The van der Waals surface area contributed by atoms with Gasteiger partial charge in [-0.15, -0.1) is 11.3 Å². The van der Waals surface area contributed by atoms with Crippen LogP contribution in [-0.4, -0.2) is 58.6 Å². The number of carbonyl (C=O) groups excluding carboxylic acids is 1. The Morgan fingerprint density at radius 3 is 2.78 bits per heavy atom. The molecular weight excluding hydrogens is 360 g/mol. The number of piperazine rings is 1. The maximum absolute atomic E-state index is 12.4. The summed E-state index contributed by atoms with van der Waals surface area (Å²) in [5, 5.41) is 6.08. The number of amides is 1. The predicted molar refractivity (Wildman–Crippen MR) is 106 cm³/mol. The number of nitrogens with zero attached hydrogens (tertiary/aromatic N) is 4. The van der Waals surface area contributed by atoms with Crippen molar-refractivity contribution in [2.24, 2.45) is 5.92 Å². The van der Waals surface area contributed by atoms with Gasteiger partial charge in [-0.05, 0) is 43.2 Å². The van der Waals surface area contributed by atoms with Crippen molar-refractivity contribution >= 4 is 17.2 Å². The molecule has 4 rings (SSSR count).